The Morgan fingerprint density at radius 3 is 2.65 bits per heavy atom. The molecule has 1 fully saturated rings. The maximum absolute atomic E-state index is 12.6. The number of hydrogen-bond acceptors (Lipinski definition) is 4. The van der Waals surface area contributed by atoms with Gasteiger partial charge in [-0.25, -0.2) is 4.98 Å². The van der Waals surface area contributed by atoms with E-state index in [0.29, 0.717) is 6.04 Å². The predicted octanol–water partition coefficient (Wildman–Crippen LogP) is 4.36. The van der Waals surface area contributed by atoms with Crippen LogP contribution >= 0.6 is 11.3 Å². The van der Waals surface area contributed by atoms with Gasteiger partial charge >= 0.3 is 0 Å². The lowest BCUT2D eigenvalue weighted by Crippen LogP contribution is -2.35. The van der Waals surface area contributed by atoms with Crippen molar-refractivity contribution in [1.29, 1.82) is 0 Å². The molecular formula is C18H23N3OS. The molecule has 1 amide bonds. The summed E-state index contributed by atoms with van der Waals surface area (Å²) in [6.07, 6.45) is 12.1. The highest BCUT2D eigenvalue weighted by Gasteiger charge is 2.20. The molecule has 5 heteroatoms. The van der Waals surface area contributed by atoms with Crippen LogP contribution in [0.2, 0.25) is 0 Å². The summed E-state index contributed by atoms with van der Waals surface area (Å²) in [7, 11) is 0. The van der Waals surface area contributed by atoms with Gasteiger partial charge in [-0.1, -0.05) is 32.1 Å². The number of aromatic nitrogens is 2. The maximum atomic E-state index is 12.6. The van der Waals surface area contributed by atoms with Gasteiger partial charge in [0.15, 0.2) is 0 Å². The highest BCUT2D eigenvalue weighted by molar-refractivity contribution is 7.17. The standard InChI is InChI=1S/C18H23N3OS/c1-13-16(23-18(20-13)14-8-7-11-19-12-14)17(22)21-15-9-5-3-2-4-6-10-15/h7-8,11-12,15H,2-6,9-10H2,1H3,(H,21,22). The van der Waals surface area contributed by atoms with Crippen molar-refractivity contribution >= 4 is 17.2 Å². The number of nitrogens with one attached hydrogen (secondary N) is 1. The Kier molecular flexibility index (Phi) is 5.39. The molecule has 0 saturated heterocycles. The minimum Gasteiger partial charge on any atom is -0.349 e. The first-order chi connectivity index (χ1) is 11.2. The lowest BCUT2D eigenvalue weighted by Gasteiger charge is -2.20. The number of hydrogen-bond donors (Lipinski definition) is 1. The summed E-state index contributed by atoms with van der Waals surface area (Å²) in [6.45, 7) is 1.91. The summed E-state index contributed by atoms with van der Waals surface area (Å²) >= 11 is 1.46. The highest BCUT2D eigenvalue weighted by atomic mass is 32.1. The third-order valence-electron chi connectivity index (χ3n) is 4.35. The quantitative estimate of drug-likeness (QED) is 0.910. The molecule has 0 aliphatic heterocycles. The molecule has 0 atom stereocenters. The summed E-state index contributed by atoms with van der Waals surface area (Å²) < 4.78 is 0. The van der Waals surface area contributed by atoms with Crippen LogP contribution in [-0.2, 0) is 0 Å². The summed E-state index contributed by atoms with van der Waals surface area (Å²) in [6, 6.07) is 4.17. The monoisotopic (exact) mass is 329 g/mol. The zero-order valence-electron chi connectivity index (χ0n) is 13.5. The van der Waals surface area contributed by atoms with Crippen molar-refractivity contribution in [1.82, 2.24) is 15.3 Å². The molecule has 0 aromatic carbocycles. The van der Waals surface area contributed by atoms with Gasteiger partial charge in [-0.05, 0) is 31.9 Å². The van der Waals surface area contributed by atoms with Crippen LogP contribution in [-0.4, -0.2) is 21.9 Å². The van der Waals surface area contributed by atoms with Gasteiger partial charge in [-0.3, -0.25) is 9.78 Å². The van der Waals surface area contributed by atoms with Crippen molar-refractivity contribution in [2.45, 2.75) is 57.9 Å². The fourth-order valence-electron chi connectivity index (χ4n) is 3.07. The van der Waals surface area contributed by atoms with E-state index in [9.17, 15) is 4.79 Å². The lowest BCUT2D eigenvalue weighted by molar-refractivity contribution is 0.0934. The van der Waals surface area contributed by atoms with Crippen molar-refractivity contribution in [2.24, 2.45) is 0 Å². The Hall–Kier alpha value is -1.75. The van der Waals surface area contributed by atoms with Gasteiger partial charge in [-0.2, -0.15) is 0 Å². The van der Waals surface area contributed by atoms with Gasteiger partial charge in [0.2, 0.25) is 0 Å². The predicted molar refractivity (Wildman–Crippen MR) is 93.7 cm³/mol. The average Bonchev–Trinajstić information content (AvgIpc) is 2.93. The van der Waals surface area contributed by atoms with E-state index >= 15 is 0 Å². The van der Waals surface area contributed by atoms with Gasteiger partial charge in [0.05, 0.1) is 5.69 Å². The maximum Gasteiger partial charge on any atom is 0.263 e. The Balaban J connectivity index is 1.71. The van der Waals surface area contributed by atoms with Crippen molar-refractivity contribution in [3.63, 3.8) is 0 Å². The van der Waals surface area contributed by atoms with E-state index in [0.717, 1.165) is 34.0 Å². The zero-order chi connectivity index (χ0) is 16.1. The topological polar surface area (TPSA) is 54.9 Å². The first kappa shape index (κ1) is 16.1. The largest absolute Gasteiger partial charge is 0.349 e. The zero-order valence-corrected chi connectivity index (χ0v) is 14.4. The Morgan fingerprint density at radius 2 is 1.96 bits per heavy atom. The molecule has 0 bridgehead atoms. The molecule has 1 aliphatic rings. The van der Waals surface area contributed by atoms with Crippen molar-refractivity contribution in [3.8, 4) is 10.6 Å². The molecule has 0 spiro atoms. The van der Waals surface area contributed by atoms with E-state index in [-0.39, 0.29) is 5.91 Å². The van der Waals surface area contributed by atoms with Gasteiger partial charge < -0.3 is 5.32 Å². The van der Waals surface area contributed by atoms with Crippen LogP contribution in [0.5, 0.6) is 0 Å². The minimum absolute atomic E-state index is 0.0284. The molecule has 2 aromatic heterocycles. The minimum atomic E-state index is 0.0284. The van der Waals surface area contributed by atoms with Crippen LogP contribution in [0.25, 0.3) is 10.6 Å². The molecular weight excluding hydrogens is 306 g/mol. The average molecular weight is 329 g/mol. The molecule has 0 unspecified atom stereocenters. The Labute approximate surface area is 141 Å². The molecule has 1 saturated carbocycles. The van der Waals surface area contributed by atoms with Crippen LogP contribution < -0.4 is 5.32 Å². The number of carbonyl (C=O) groups is 1. The SMILES string of the molecule is Cc1nc(-c2cccnc2)sc1C(=O)NC1CCCCCCC1. The fraction of sp³-hybridized carbons (Fsp3) is 0.500. The first-order valence-electron chi connectivity index (χ1n) is 8.43. The number of rotatable bonds is 3. The summed E-state index contributed by atoms with van der Waals surface area (Å²) in [5, 5.41) is 4.08. The van der Waals surface area contributed by atoms with Crippen molar-refractivity contribution in [3.05, 3.63) is 35.1 Å². The molecule has 0 radical (unpaired) electrons. The van der Waals surface area contributed by atoms with Crippen molar-refractivity contribution < 1.29 is 4.79 Å². The number of amides is 1. The highest BCUT2D eigenvalue weighted by Crippen LogP contribution is 2.27. The molecule has 1 N–H and O–H groups in total. The van der Waals surface area contributed by atoms with Crippen LogP contribution in [0.3, 0.4) is 0 Å². The Bertz CT molecular complexity index is 646. The second kappa shape index (κ2) is 7.68. The normalized spacial score (nSPS) is 16.6. The number of nitrogens with zero attached hydrogens (tertiary/aromatic N) is 2. The van der Waals surface area contributed by atoms with Crippen LogP contribution in [0.15, 0.2) is 24.5 Å². The van der Waals surface area contributed by atoms with E-state index in [1.165, 1.54) is 43.4 Å². The summed E-state index contributed by atoms with van der Waals surface area (Å²) in [5.41, 5.74) is 1.77. The molecule has 1 aliphatic carbocycles. The molecule has 122 valence electrons. The summed E-state index contributed by atoms with van der Waals surface area (Å²) in [5.74, 6) is 0.0284. The lowest BCUT2D eigenvalue weighted by atomic mass is 9.97. The van der Waals surface area contributed by atoms with Crippen LogP contribution in [0, 0.1) is 6.92 Å². The van der Waals surface area contributed by atoms with E-state index < -0.39 is 0 Å². The van der Waals surface area contributed by atoms with Gasteiger partial charge in [0.25, 0.3) is 5.91 Å². The van der Waals surface area contributed by atoms with E-state index in [1.54, 1.807) is 12.4 Å². The molecule has 2 heterocycles. The molecule has 3 rings (SSSR count). The number of aryl methyl sites for hydroxylation is 1. The fourth-order valence-corrected chi connectivity index (χ4v) is 4.03. The van der Waals surface area contributed by atoms with Crippen LogP contribution in [0.4, 0.5) is 0 Å². The Morgan fingerprint density at radius 1 is 1.22 bits per heavy atom. The number of pyridine rings is 1. The number of thiazole rings is 1. The van der Waals surface area contributed by atoms with Gasteiger partial charge in [0.1, 0.15) is 9.88 Å². The van der Waals surface area contributed by atoms with E-state index in [4.69, 9.17) is 0 Å². The molecule has 23 heavy (non-hydrogen) atoms. The molecule has 2 aromatic rings. The third kappa shape index (κ3) is 4.16. The van der Waals surface area contributed by atoms with Gasteiger partial charge in [0, 0.05) is 24.0 Å². The van der Waals surface area contributed by atoms with E-state index in [1.807, 2.05) is 19.1 Å². The molecule has 4 nitrogen and oxygen atoms in total. The second-order valence-corrected chi connectivity index (χ2v) is 7.19. The summed E-state index contributed by atoms with van der Waals surface area (Å²) in [4.78, 5) is 22.0. The number of carbonyl (C=O) groups excluding carboxylic acids is 1. The van der Waals surface area contributed by atoms with Crippen LogP contribution in [0.1, 0.15) is 60.3 Å². The van der Waals surface area contributed by atoms with Crippen molar-refractivity contribution in [2.75, 3.05) is 0 Å². The smallest absolute Gasteiger partial charge is 0.263 e. The van der Waals surface area contributed by atoms with Gasteiger partial charge in [-0.15, -0.1) is 11.3 Å². The van der Waals surface area contributed by atoms with E-state index in [2.05, 4.69) is 15.3 Å². The first-order valence-corrected chi connectivity index (χ1v) is 9.24. The second-order valence-electron chi connectivity index (χ2n) is 6.19. The third-order valence-corrected chi connectivity index (χ3v) is 5.56.